The van der Waals surface area contributed by atoms with Crippen LogP contribution in [0.1, 0.15) is 34.8 Å². The van der Waals surface area contributed by atoms with E-state index in [-0.39, 0.29) is 24.6 Å². The Balaban J connectivity index is 1.88. The molecule has 0 atom stereocenters. The summed E-state index contributed by atoms with van der Waals surface area (Å²) in [5.74, 6) is 0.512. The maximum atomic E-state index is 13.0. The van der Waals surface area contributed by atoms with Crippen molar-refractivity contribution < 1.29 is 14.6 Å². The number of aromatic nitrogens is 1. The van der Waals surface area contributed by atoms with Gasteiger partial charge in [0.1, 0.15) is 5.75 Å². The molecule has 0 saturated carbocycles. The summed E-state index contributed by atoms with van der Waals surface area (Å²) in [6, 6.07) is 14.6. The summed E-state index contributed by atoms with van der Waals surface area (Å²) in [4.78, 5) is 30.1. The van der Waals surface area contributed by atoms with E-state index in [1.54, 1.807) is 29.2 Å². The number of aliphatic hydroxyl groups is 1. The van der Waals surface area contributed by atoms with E-state index in [2.05, 4.69) is 4.98 Å². The summed E-state index contributed by atoms with van der Waals surface area (Å²) in [5.41, 5.74) is 2.68. The third kappa shape index (κ3) is 5.03. The van der Waals surface area contributed by atoms with E-state index in [9.17, 15) is 14.7 Å². The van der Waals surface area contributed by atoms with E-state index in [1.807, 2.05) is 38.1 Å². The Kier molecular flexibility index (Phi) is 6.67. The van der Waals surface area contributed by atoms with Crippen molar-refractivity contribution >= 4 is 16.8 Å². The van der Waals surface area contributed by atoms with Crippen molar-refractivity contribution in [2.24, 2.45) is 0 Å². The highest BCUT2D eigenvalue weighted by atomic mass is 16.5. The molecule has 0 aliphatic rings. The maximum Gasteiger partial charge on any atom is 0.254 e. The van der Waals surface area contributed by atoms with Crippen molar-refractivity contribution in [2.45, 2.75) is 26.8 Å². The molecule has 0 aliphatic heterocycles. The molecule has 3 aromatic rings. The van der Waals surface area contributed by atoms with Crippen molar-refractivity contribution in [1.29, 1.82) is 0 Å². The number of carbonyl (C=O) groups is 1. The van der Waals surface area contributed by atoms with Crippen molar-refractivity contribution in [1.82, 2.24) is 9.88 Å². The molecular weight excluding hydrogens is 368 g/mol. The molecule has 2 N–H and O–H groups in total. The minimum Gasteiger partial charge on any atom is -0.494 e. The first kappa shape index (κ1) is 20.6. The molecule has 6 heteroatoms. The van der Waals surface area contributed by atoms with E-state index in [0.717, 1.165) is 16.5 Å². The molecule has 1 heterocycles. The number of benzene rings is 2. The molecule has 0 unspecified atom stereocenters. The van der Waals surface area contributed by atoms with Crippen LogP contribution in [0.5, 0.6) is 5.75 Å². The zero-order chi connectivity index (χ0) is 20.8. The molecular formula is C23H26N2O4. The third-order valence-corrected chi connectivity index (χ3v) is 4.72. The molecule has 2 aromatic carbocycles. The molecule has 0 spiro atoms. The van der Waals surface area contributed by atoms with E-state index in [4.69, 9.17) is 4.74 Å². The first-order chi connectivity index (χ1) is 14.0. The number of aromatic amines is 1. The number of hydrogen-bond donors (Lipinski definition) is 2. The second kappa shape index (κ2) is 9.39. The van der Waals surface area contributed by atoms with Gasteiger partial charge in [0.15, 0.2) is 0 Å². The minimum absolute atomic E-state index is 0.0275. The van der Waals surface area contributed by atoms with E-state index in [1.165, 1.54) is 0 Å². The highest BCUT2D eigenvalue weighted by Crippen LogP contribution is 2.17. The average molecular weight is 394 g/mol. The lowest BCUT2D eigenvalue weighted by molar-refractivity contribution is 0.0731. The average Bonchev–Trinajstić information content (AvgIpc) is 2.72. The number of fused-ring (bicyclic) bond motifs is 1. The topological polar surface area (TPSA) is 82.6 Å². The Bertz CT molecular complexity index is 1040. The summed E-state index contributed by atoms with van der Waals surface area (Å²) in [6.45, 7) is 4.95. The van der Waals surface area contributed by atoms with Gasteiger partial charge >= 0.3 is 0 Å². The van der Waals surface area contributed by atoms with Gasteiger partial charge in [-0.2, -0.15) is 0 Å². The molecule has 1 amide bonds. The molecule has 0 saturated heterocycles. The van der Waals surface area contributed by atoms with Crippen molar-refractivity contribution in [3.63, 3.8) is 0 Å². The quantitative estimate of drug-likeness (QED) is 0.614. The highest BCUT2D eigenvalue weighted by molar-refractivity contribution is 5.94. The predicted molar refractivity (Wildman–Crippen MR) is 113 cm³/mol. The van der Waals surface area contributed by atoms with Gasteiger partial charge in [0, 0.05) is 29.8 Å². The van der Waals surface area contributed by atoms with Gasteiger partial charge in [-0.05, 0) is 68.1 Å². The monoisotopic (exact) mass is 394 g/mol. The predicted octanol–water partition coefficient (Wildman–Crippen LogP) is 3.26. The summed E-state index contributed by atoms with van der Waals surface area (Å²) in [6.07, 6.45) is 0.438. The van der Waals surface area contributed by atoms with Gasteiger partial charge in [0.2, 0.25) is 0 Å². The van der Waals surface area contributed by atoms with E-state index < -0.39 is 0 Å². The number of H-pyrrole nitrogens is 1. The normalized spacial score (nSPS) is 10.9. The van der Waals surface area contributed by atoms with Crippen LogP contribution in [-0.4, -0.2) is 40.7 Å². The van der Waals surface area contributed by atoms with Crippen LogP contribution < -0.4 is 10.3 Å². The lowest BCUT2D eigenvalue weighted by Gasteiger charge is -2.22. The number of ether oxygens (including phenoxy) is 1. The number of carbonyl (C=O) groups excluding carboxylic acids is 1. The van der Waals surface area contributed by atoms with Crippen molar-refractivity contribution in [2.75, 3.05) is 19.8 Å². The van der Waals surface area contributed by atoms with Crippen LogP contribution in [0, 0.1) is 6.92 Å². The van der Waals surface area contributed by atoms with E-state index >= 15 is 0 Å². The van der Waals surface area contributed by atoms with Crippen LogP contribution in [0.25, 0.3) is 10.9 Å². The summed E-state index contributed by atoms with van der Waals surface area (Å²) in [7, 11) is 0. The Morgan fingerprint density at radius 3 is 2.59 bits per heavy atom. The molecule has 6 nitrogen and oxygen atoms in total. The van der Waals surface area contributed by atoms with Crippen LogP contribution in [0.15, 0.2) is 53.3 Å². The Labute approximate surface area is 169 Å². The van der Waals surface area contributed by atoms with Gasteiger partial charge < -0.3 is 19.7 Å². The number of hydrogen-bond acceptors (Lipinski definition) is 4. The first-order valence-corrected chi connectivity index (χ1v) is 9.77. The fraction of sp³-hybridized carbons (Fsp3) is 0.304. The summed E-state index contributed by atoms with van der Waals surface area (Å²) < 4.78 is 5.42. The van der Waals surface area contributed by atoms with Gasteiger partial charge in [-0.25, -0.2) is 0 Å². The summed E-state index contributed by atoms with van der Waals surface area (Å²) in [5, 5.41) is 10.2. The number of rotatable bonds is 8. The smallest absolute Gasteiger partial charge is 0.254 e. The molecule has 3 rings (SSSR count). The number of aliphatic hydroxyl groups excluding tert-OH is 1. The first-order valence-electron chi connectivity index (χ1n) is 9.77. The van der Waals surface area contributed by atoms with Crippen molar-refractivity contribution in [3.8, 4) is 5.75 Å². The molecule has 0 aliphatic carbocycles. The van der Waals surface area contributed by atoms with Crippen molar-refractivity contribution in [3.05, 3.63) is 75.6 Å². The fourth-order valence-corrected chi connectivity index (χ4v) is 3.25. The number of nitrogens with zero attached hydrogens (tertiary/aromatic N) is 1. The zero-order valence-corrected chi connectivity index (χ0v) is 16.8. The SMILES string of the molecule is CCOc1ccc(C(=O)N(CCCO)Cc2cc3cc(C)ccc3[nH]c2=O)cc1. The Hall–Kier alpha value is -3.12. The van der Waals surface area contributed by atoms with Crippen LogP contribution in [0.3, 0.4) is 0 Å². The second-order valence-corrected chi connectivity index (χ2v) is 6.98. The zero-order valence-electron chi connectivity index (χ0n) is 16.8. The fourth-order valence-electron chi connectivity index (χ4n) is 3.25. The lowest BCUT2D eigenvalue weighted by Crippen LogP contribution is -2.34. The molecule has 0 bridgehead atoms. The molecule has 0 radical (unpaired) electrons. The number of pyridine rings is 1. The van der Waals surface area contributed by atoms with Gasteiger partial charge in [0.25, 0.3) is 11.5 Å². The minimum atomic E-state index is -0.213. The molecule has 0 fully saturated rings. The lowest BCUT2D eigenvalue weighted by atomic mass is 10.1. The molecule has 152 valence electrons. The number of amides is 1. The number of aryl methyl sites for hydroxylation is 1. The van der Waals surface area contributed by atoms with Crippen LogP contribution in [0.4, 0.5) is 0 Å². The molecule has 29 heavy (non-hydrogen) atoms. The van der Waals surface area contributed by atoms with Gasteiger partial charge in [-0.15, -0.1) is 0 Å². The van der Waals surface area contributed by atoms with Crippen LogP contribution in [-0.2, 0) is 6.54 Å². The maximum absolute atomic E-state index is 13.0. The standard InChI is InChI=1S/C23H26N2O4/c1-3-29-20-8-6-17(7-9-20)23(28)25(11-4-12-26)15-19-14-18-13-16(2)5-10-21(18)24-22(19)27/h5-10,13-14,26H,3-4,11-12,15H2,1-2H3,(H,24,27). The Morgan fingerprint density at radius 1 is 1.14 bits per heavy atom. The highest BCUT2D eigenvalue weighted by Gasteiger charge is 2.18. The van der Waals surface area contributed by atoms with Crippen LogP contribution >= 0.6 is 0 Å². The second-order valence-electron chi connectivity index (χ2n) is 6.98. The number of nitrogens with one attached hydrogen (secondary N) is 1. The van der Waals surface area contributed by atoms with Gasteiger partial charge in [0.05, 0.1) is 13.2 Å². The van der Waals surface area contributed by atoms with Gasteiger partial charge in [-0.1, -0.05) is 11.6 Å². The molecule has 1 aromatic heterocycles. The Morgan fingerprint density at radius 2 is 1.90 bits per heavy atom. The third-order valence-electron chi connectivity index (χ3n) is 4.72. The summed E-state index contributed by atoms with van der Waals surface area (Å²) >= 11 is 0. The van der Waals surface area contributed by atoms with E-state index in [0.29, 0.717) is 36.4 Å². The van der Waals surface area contributed by atoms with Crippen LogP contribution in [0.2, 0.25) is 0 Å². The van der Waals surface area contributed by atoms with Gasteiger partial charge in [-0.3, -0.25) is 9.59 Å². The largest absolute Gasteiger partial charge is 0.494 e.